The fourth-order valence-corrected chi connectivity index (χ4v) is 5.47. The third kappa shape index (κ3) is 4.66. The number of anilines is 1. The van der Waals surface area contributed by atoms with Crippen LogP contribution < -0.4 is 15.8 Å². The highest BCUT2D eigenvalue weighted by molar-refractivity contribution is 7.88. The number of aromatic nitrogens is 4. The fraction of sp³-hybridized carbons (Fsp3) is 0.471. The number of alkyl halides is 3. The van der Waals surface area contributed by atoms with E-state index in [0.29, 0.717) is 22.2 Å². The number of nitrogens with zero attached hydrogens (tertiary/aromatic N) is 4. The minimum absolute atomic E-state index is 0.0159. The summed E-state index contributed by atoms with van der Waals surface area (Å²) in [5.41, 5.74) is 4.80. The number of sulfonamides is 1. The summed E-state index contributed by atoms with van der Waals surface area (Å²) in [6.07, 6.45) is 0.770. The Labute approximate surface area is 179 Å². The number of piperidine rings is 1. The number of pyridine rings is 1. The van der Waals surface area contributed by atoms with Crippen molar-refractivity contribution < 1.29 is 21.6 Å². The van der Waals surface area contributed by atoms with E-state index in [2.05, 4.69) is 25.1 Å². The van der Waals surface area contributed by atoms with Crippen LogP contribution in [0, 0.1) is 5.92 Å². The van der Waals surface area contributed by atoms with E-state index in [0.717, 1.165) is 31.7 Å². The van der Waals surface area contributed by atoms with Gasteiger partial charge in [0, 0.05) is 11.8 Å². The zero-order valence-corrected chi connectivity index (χ0v) is 18.0. The second-order valence-corrected chi connectivity index (χ2v) is 10.2. The van der Waals surface area contributed by atoms with Crippen molar-refractivity contribution in [2.45, 2.75) is 25.1 Å². The molecule has 14 heteroatoms. The molecule has 31 heavy (non-hydrogen) atoms. The van der Waals surface area contributed by atoms with Crippen molar-refractivity contribution in [2.24, 2.45) is 5.92 Å². The molecule has 2 unspecified atom stereocenters. The van der Waals surface area contributed by atoms with Gasteiger partial charge in [-0.05, 0) is 37.9 Å². The molecule has 0 aliphatic carbocycles. The van der Waals surface area contributed by atoms with Crippen LogP contribution in [0.25, 0.3) is 16.2 Å². The van der Waals surface area contributed by atoms with E-state index in [9.17, 15) is 21.6 Å². The Morgan fingerprint density at radius 1 is 1.35 bits per heavy atom. The highest BCUT2D eigenvalue weighted by Gasteiger charge is 2.35. The van der Waals surface area contributed by atoms with Crippen molar-refractivity contribution in [1.82, 2.24) is 29.6 Å². The molecule has 4 rings (SSSR count). The molecule has 1 aliphatic rings. The highest BCUT2D eigenvalue weighted by Crippen LogP contribution is 2.36. The van der Waals surface area contributed by atoms with Crippen LogP contribution in [0.4, 0.5) is 19.0 Å². The molecule has 1 saturated heterocycles. The third-order valence-electron chi connectivity index (χ3n) is 5.03. The van der Waals surface area contributed by atoms with Gasteiger partial charge in [0.2, 0.25) is 15.0 Å². The van der Waals surface area contributed by atoms with Crippen LogP contribution in [-0.2, 0) is 16.2 Å². The van der Waals surface area contributed by atoms with Crippen molar-refractivity contribution in [1.29, 1.82) is 0 Å². The number of nitrogen functional groups attached to an aromatic ring is 1. The number of nitrogens with two attached hydrogens (primary N) is 1. The van der Waals surface area contributed by atoms with E-state index in [1.807, 2.05) is 0 Å². The maximum Gasteiger partial charge on any atom is 0.419 e. The van der Waals surface area contributed by atoms with E-state index < -0.39 is 33.6 Å². The Bertz CT molecular complexity index is 1200. The summed E-state index contributed by atoms with van der Waals surface area (Å²) >= 11 is 1.19. The number of imidazole rings is 1. The zero-order chi connectivity index (χ0) is 22.4. The van der Waals surface area contributed by atoms with E-state index in [1.165, 1.54) is 28.2 Å². The first-order valence-electron chi connectivity index (χ1n) is 9.38. The maximum absolute atomic E-state index is 13.2. The molecule has 1 aliphatic heterocycles. The summed E-state index contributed by atoms with van der Waals surface area (Å²) in [5.74, 6) is -0.629. The molecule has 0 spiro atoms. The molecule has 9 nitrogen and oxygen atoms in total. The van der Waals surface area contributed by atoms with Gasteiger partial charge in [-0.25, -0.2) is 27.6 Å². The molecule has 0 saturated carbocycles. The van der Waals surface area contributed by atoms with Gasteiger partial charge in [-0.3, -0.25) is 0 Å². The van der Waals surface area contributed by atoms with Gasteiger partial charge in [0.1, 0.15) is 10.8 Å². The summed E-state index contributed by atoms with van der Waals surface area (Å²) in [7, 11) is -3.52. The monoisotopic (exact) mass is 475 g/mol. The predicted octanol–water partition coefficient (Wildman–Crippen LogP) is 2.04. The lowest BCUT2D eigenvalue weighted by molar-refractivity contribution is -0.137. The molecule has 0 amide bonds. The van der Waals surface area contributed by atoms with E-state index >= 15 is 0 Å². The Morgan fingerprint density at radius 3 is 2.77 bits per heavy atom. The Balaban J connectivity index is 1.76. The number of hydrogen-bond acceptors (Lipinski definition) is 8. The number of halogens is 3. The van der Waals surface area contributed by atoms with Crippen molar-refractivity contribution in [3.05, 3.63) is 29.0 Å². The Hall–Kier alpha value is -2.29. The molecular weight excluding hydrogens is 455 g/mol. The summed E-state index contributed by atoms with van der Waals surface area (Å²) in [6.45, 7) is 1.48. The van der Waals surface area contributed by atoms with E-state index in [4.69, 9.17) is 5.73 Å². The number of fused-ring (bicyclic) bond motifs is 1. The van der Waals surface area contributed by atoms with Crippen LogP contribution in [0.5, 0.6) is 0 Å². The number of rotatable bonds is 5. The Morgan fingerprint density at radius 2 is 2.13 bits per heavy atom. The zero-order valence-electron chi connectivity index (χ0n) is 16.3. The van der Waals surface area contributed by atoms with Gasteiger partial charge in [-0.2, -0.15) is 18.3 Å². The van der Waals surface area contributed by atoms with Crippen LogP contribution in [-0.4, -0.2) is 47.3 Å². The second-order valence-electron chi connectivity index (χ2n) is 7.41. The molecule has 0 bridgehead atoms. The molecule has 168 valence electrons. The van der Waals surface area contributed by atoms with Crippen LogP contribution in [0.2, 0.25) is 0 Å². The highest BCUT2D eigenvalue weighted by atomic mass is 32.2. The van der Waals surface area contributed by atoms with Gasteiger partial charge in [0.15, 0.2) is 0 Å². The average molecular weight is 476 g/mol. The lowest BCUT2D eigenvalue weighted by Gasteiger charge is -2.29. The molecule has 0 aromatic carbocycles. The van der Waals surface area contributed by atoms with Gasteiger partial charge in [0.05, 0.1) is 29.8 Å². The average Bonchev–Trinajstić information content (AvgIpc) is 3.26. The largest absolute Gasteiger partial charge is 0.419 e. The molecule has 1 fully saturated rings. The molecule has 3 aromatic heterocycles. The Kier molecular flexibility index (Phi) is 5.66. The van der Waals surface area contributed by atoms with Gasteiger partial charge >= 0.3 is 6.18 Å². The van der Waals surface area contributed by atoms with Crippen LogP contribution in [0.3, 0.4) is 0 Å². The molecule has 4 N–H and O–H groups in total. The van der Waals surface area contributed by atoms with Crippen molar-refractivity contribution in [3.8, 4) is 11.3 Å². The topological polar surface area (TPSA) is 127 Å². The first kappa shape index (κ1) is 21.9. The smallest absolute Gasteiger partial charge is 0.383 e. The predicted molar refractivity (Wildman–Crippen MR) is 110 cm³/mol. The molecule has 0 radical (unpaired) electrons. The van der Waals surface area contributed by atoms with Gasteiger partial charge in [0.25, 0.3) is 0 Å². The van der Waals surface area contributed by atoms with Gasteiger partial charge in [-0.1, -0.05) is 11.3 Å². The third-order valence-corrected chi connectivity index (χ3v) is 6.72. The summed E-state index contributed by atoms with van der Waals surface area (Å²) < 4.78 is 67.7. The molecule has 2 atom stereocenters. The van der Waals surface area contributed by atoms with Crippen molar-refractivity contribution in [3.63, 3.8) is 0 Å². The van der Waals surface area contributed by atoms with Crippen LogP contribution in [0.1, 0.15) is 29.5 Å². The van der Waals surface area contributed by atoms with Gasteiger partial charge < -0.3 is 11.1 Å². The summed E-state index contributed by atoms with van der Waals surface area (Å²) in [6, 6.07) is 0.333. The summed E-state index contributed by atoms with van der Waals surface area (Å²) in [5, 5.41) is 8.24. The second kappa shape index (κ2) is 8.00. The minimum Gasteiger partial charge on any atom is -0.383 e. The van der Waals surface area contributed by atoms with E-state index in [-0.39, 0.29) is 11.5 Å². The molecule has 3 aromatic rings. The lowest BCUT2D eigenvalue weighted by Crippen LogP contribution is -2.40. The first-order chi connectivity index (χ1) is 14.5. The lowest BCUT2D eigenvalue weighted by atomic mass is 9.93. The van der Waals surface area contributed by atoms with Crippen molar-refractivity contribution >= 4 is 32.1 Å². The molecule has 4 heterocycles. The summed E-state index contributed by atoms with van der Waals surface area (Å²) in [4.78, 5) is 8.33. The van der Waals surface area contributed by atoms with Crippen LogP contribution in [0.15, 0.2) is 18.5 Å². The number of hydrogen-bond donors (Lipinski definition) is 3. The standard InChI is InChI=1S/C17H20F3N7O2S2/c1-31(28,29)26-13(9-3-2-4-22-6-9)15-25-27-12(8-24-16(27)30-15)10-5-11(17(18,19)20)14(21)23-7-10/h5,7-9,13,22,26H,2-4,6H2,1H3,(H2,21,23). The normalized spacial score (nSPS) is 19.0. The minimum atomic E-state index is -4.65. The van der Waals surface area contributed by atoms with Crippen LogP contribution >= 0.6 is 11.3 Å². The van der Waals surface area contributed by atoms with Gasteiger partial charge in [-0.15, -0.1) is 0 Å². The fourth-order valence-electron chi connectivity index (χ4n) is 3.61. The maximum atomic E-state index is 13.2. The number of nitrogens with one attached hydrogen (secondary N) is 2. The quantitative estimate of drug-likeness (QED) is 0.515. The SMILES string of the molecule is CS(=O)(=O)NC(c1nn2c(-c3cnc(N)c(C(F)(F)F)c3)cnc2s1)C1CCCNC1. The first-order valence-corrected chi connectivity index (χ1v) is 12.1. The van der Waals surface area contributed by atoms with E-state index in [1.54, 1.807) is 0 Å². The molecular formula is C17H20F3N7O2S2. The van der Waals surface area contributed by atoms with Crippen molar-refractivity contribution in [2.75, 3.05) is 25.1 Å².